The van der Waals surface area contributed by atoms with E-state index in [1.165, 1.54) is 17.7 Å². The van der Waals surface area contributed by atoms with Crippen molar-refractivity contribution in [3.63, 3.8) is 0 Å². The third kappa shape index (κ3) is 4.60. The molecule has 0 saturated carbocycles. The molecule has 0 N–H and O–H groups in total. The van der Waals surface area contributed by atoms with Crippen LogP contribution in [-0.4, -0.2) is 6.61 Å². The van der Waals surface area contributed by atoms with Crippen molar-refractivity contribution >= 4 is 10.8 Å². The van der Waals surface area contributed by atoms with Crippen molar-refractivity contribution in [2.24, 2.45) is 0 Å². The van der Waals surface area contributed by atoms with Crippen LogP contribution in [0.25, 0.3) is 21.9 Å². The first kappa shape index (κ1) is 21.5. The molecule has 5 heteroatoms. The molecule has 4 aromatic rings. The smallest absolute Gasteiger partial charge is 0.387 e. The Labute approximate surface area is 183 Å². The van der Waals surface area contributed by atoms with Gasteiger partial charge in [-0.3, -0.25) is 0 Å². The Morgan fingerprint density at radius 1 is 0.812 bits per heavy atom. The van der Waals surface area contributed by atoms with Gasteiger partial charge in [0.15, 0.2) is 11.6 Å². The quantitative estimate of drug-likeness (QED) is 0.241. The molecule has 0 amide bonds. The zero-order chi connectivity index (χ0) is 22.7. The predicted molar refractivity (Wildman–Crippen MR) is 118 cm³/mol. The fraction of sp³-hybridized carbons (Fsp3) is 0.111. The second-order valence-electron chi connectivity index (χ2n) is 7.19. The van der Waals surface area contributed by atoms with Gasteiger partial charge >= 0.3 is 6.61 Å². The fourth-order valence-corrected chi connectivity index (χ4v) is 3.42. The van der Waals surface area contributed by atoms with Crippen LogP contribution >= 0.6 is 0 Å². The van der Waals surface area contributed by atoms with Crippen molar-refractivity contribution in [1.82, 2.24) is 0 Å². The maximum Gasteiger partial charge on any atom is 0.387 e. The number of alkyl halides is 2. The molecular weight excluding hydrogens is 416 g/mol. The average molecular weight is 434 g/mol. The normalized spacial score (nSPS) is 10.8. The number of hydrogen-bond acceptors (Lipinski definition) is 1. The maximum absolute atomic E-state index is 15.1. The second kappa shape index (κ2) is 9.15. The molecular formula is C27H18F4O. The Kier molecular flexibility index (Phi) is 6.13. The van der Waals surface area contributed by atoms with E-state index in [0.29, 0.717) is 10.8 Å². The zero-order valence-corrected chi connectivity index (χ0v) is 17.1. The van der Waals surface area contributed by atoms with Crippen LogP contribution in [0, 0.1) is 23.5 Å². The number of rotatable bonds is 4. The van der Waals surface area contributed by atoms with Gasteiger partial charge in [-0.2, -0.15) is 8.78 Å². The van der Waals surface area contributed by atoms with Crippen LogP contribution < -0.4 is 4.74 Å². The lowest BCUT2D eigenvalue weighted by Gasteiger charge is -2.10. The molecule has 0 aliphatic heterocycles. The van der Waals surface area contributed by atoms with Crippen molar-refractivity contribution in [2.45, 2.75) is 20.0 Å². The van der Waals surface area contributed by atoms with Gasteiger partial charge in [-0.05, 0) is 59.3 Å². The van der Waals surface area contributed by atoms with Gasteiger partial charge in [-0.1, -0.05) is 55.2 Å². The number of benzene rings is 4. The lowest BCUT2D eigenvalue weighted by molar-refractivity contribution is -0.0521. The molecule has 0 spiro atoms. The summed E-state index contributed by atoms with van der Waals surface area (Å²) in [4.78, 5) is 0. The van der Waals surface area contributed by atoms with E-state index in [-0.39, 0.29) is 11.1 Å². The summed E-state index contributed by atoms with van der Waals surface area (Å²) in [7, 11) is 0. The van der Waals surface area contributed by atoms with Gasteiger partial charge in [-0.15, -0.1) is 0 Å². The van der Waals surface area contributed by atoms with E-state index in [1.54, 1.807) is 24.3 Å². The van der Waals surface area contributed by atoms with E-state index in [9.17, 15) is 13.2 Å². The first-order valence-corrected chi connectivity index (χ1v) is 10.0. The molecule has 160 valence electrons. The molecule has 0 saturated heterocycles. The number of aryl methyl sites for hydroxylation is 1. The highest BCUT2D eigenvalue weighted by Crippen LogP contribution is 2.32. The monoisotopic (exact) mass is 434 g/mol. The number of hydrogen-bond donors (Lipinski definition) is 0. The first-order chi connectivity index (χ1) is 15.4. The van der Waals surface area contributed by atoms with Crippen LogP contribution in [0.1, 0.15) is 23.6 Å². The lowest BCUT2D eigenvalue weighted by Crippen LogP contribution is -2.03. The van der Waals surface area contributed by atoms with Gasteiger partial charge in [0.05, 0.1) is 0 Å². The Hall–Kier alpha value is -3.78. The summed E-state index contributed by atoms with van der Waals surface area (Å²) in [5.74, 6) is 4.09. The first-order valence-electron chi connectivity index (χ1n) is 10.0. The van der Waals surface area contributed by atoms with E-state index in [0.717, 1.165) is 29.7 Å². The highest BCUT2D eigenvalue weighted by atomic mass is 19.3. The van der Waals surface area contributed by atoms with Crippen molar-refractivity contribution in [3.05, 3.63) is 101 Å². The summed E-state index contributed by atoms with van der Waals surface area (Å²) in [6.45, 7) is -1.05. The molecule has 4 rings (SSSR count). The van der Waals surface area contributed by atoms with E-state index in [1.807, 2.05) is 24.3 Å². The van der Waals surface area contributed by atoms with Crippen molar-refractivity contribution < 1.29 is 22.3 Å². The Balaban J connectivity index is 1.64. The van der Waals surface area contributed by atoms with Gasteiger partial charge in [0.25, 0.3) is 0 Å². The number of halogens is 4. The molecule has 0 aliphatic rings. The van der Waals surface area contributed by atoms with E-state index < -0.39 is 24.0 Å². The van der Waals surface area contributed by atoms with Crippen LogP contribution in [0.4, 0.5) is 17.6 Å². The molecule has 0 fully saturated rings. The van der Waals surface area contributed by atoms with Crippen molar-refractivity contribution in [2.75, 3.05) is 0 Å². The lowest BCUT2D eigenvalue weighted by atomic mass is 9.98. The minimum Gasteiger partial charge on any atom is -0.432 e. The molecule has 0 radical (unpaired) electrons. The molecule has 0 atom stereocenters. The van der Waals surface area contributed by atoms with E-state index in [2.05, 4.69) is 23.5 Å². The Bertz CT molecular complexity index is 1330. The number of ether oxygens (including phenoxy) is 1. The second-order valence-corrected chi connectivity index (χ2v) is 7.19. The van der Waals surface area contributed by atoms with Gasteiger partial charge in [-0.25, -0.2) is 8.78 Å². The maximum atomic E-state index is 15.1. The minimum atomic E-state index is -3.14. The van der Waals surface area contributed by atoms with E-state index >= 15 is 4.39 Å². The number of fused-ring (bicyclic) bond motifs is 1. The Morgan fingerprint density at radius 3 is 2.22 bits per heavy atom. The molecule has 0 unspecified atom stereocenters. The third-order valence-electron chi connectivity index (χ3n) is 5.13. The molecule has 0 aromatic heterocycles. The van der Waals surface area contributed by atoms with Gasteiger partial charge in [0.1, 0.15) is 5.82 Å². The van der Waals surface area contributed by atoms with E-state index in [4.69, 9.17) is 0 Å². The van der Waals surface area contributed by atoms with Gasteiger partial charge in [0, 0.05) is 22.1 Å². The molecule has 0 bridgehead atoms. The molecule has 1 nitrogen and oxygen atoms in total. The SMILES string of the molecule is CCc1ccc(C#Cc2ccc3c(F)c(-c4ccc(OC(F)F)c(F)c4)ccc3c2)cc1. The van der Waals surface area contributed by atoms with Crippen LogP contribution in [-0.2, 0) is 6.42 Å². The predicted octanol–water partition coefficient (Wildman–Crippen LogP) is 7.35. The van der Waals surface area contributed by atoms with Crippen LogP contribution in [0.2, 0.25) is 0 Å². The van der Waals surface area contributed by atoms with Crippen LogP contribution in [0.5, 0.6) is 5.75 Å². The summed E-state index contributed by atoms with van der Waals surface area (Å²) >= 11 is 0. The summed E-state index contributed by atoms with van der Waals surface area (Å²) in [6.07, 6.45) is 0.964. The van der Waals surface area contributed by atoms with Crippen molar-refractivity contribution in [1.29, 1.82) is 0 Å². The summed E-state index contributed by atoms with van der Waals surface area (Å²) < 4.78 is 57.9. The van der Waals surface area contributed by atoms with Gasteiger partial charge < -0.3 is 4.74 Å². The molecule has 0 aliphatic carbocycles. The van der Waals surface area contributed by atoms with Crippen LogP contribution in [0.3, 0.4) is 0 Å². The molecule has 4 aromatic carbocycles. The minimum absolute atomic E-state index is 0.162. The highest BCUT2D eigenvalue weighted by Gasteiger charge is 2.14. The van der Waals surface area contributed by atoms with Crippen LogP contribution in [0.15, 0.2) is 72.8 Å². The van der Waals surface area contributed by atoms with Gasteiger partial charge in [0.2, 0.25) is 0 Å². The summed E-state index contributed by atoms with van der Waals surface area (Å²) in [6, 6.07) is 19.8. The third-order valence-corrected chi connectivity index (χ3v) is 5.13. The highest BCUT2D eigenvalue weighted by molar-refractivity contribution is 5.89. The van der Waals surface area contributed by atoms with Crippen molar-refractivity contribution in [3.8, 4) is 28.7 Å². The summed E-state index contributed by atoms with van der Waals surface area (Å²) in [5.41, 5.74) is 3.26. The topological polar surface area (TPSA) is 9.23 Å². The average Bonchev–Trinajstić information content (AvgIpc) is 2.79. The standard InChI is InChI=1S/C27H18F4O/c1-2-17-3-5-18(6-4-17)7-8-19-9-12-22-20(15-19)10-13-23(26(22)29)21-11-14-25(24(28)16-21)32-27(30)31/h3-6,9-16,27H,2H2,1H3. The summed E-state index contributed by atoms with van der Waals surface area (Å²) in [5, 5.41) is 1.01. The largest absolute Gasteiger partial charge is 0.432 e. The fourth-order valence-electron chi connectivity index (χ4n) is 3.42. The Morgan fingerprint density at radius 2 is 1.53 bits per heavy atom. The zero-order valence-electron chi connectivity index (χ0n) is 17.1. The molecule has 0 heterocycles. The molecule has 32 heavy (non-hydrogen) atoms.